The topological polar surface area (TPSA) is 29.5 Å². The molecule has 0 atom stereocenters. The molecule has 2 aromatic rings. The van der Waals surface area contributed by atoms with E-state index in [0.29, 0.717) is 12.2 Å². The molecule has 0 aromatic heterocycles. The molecule has 0 unspecified atom stereocenters. The molecule has 3 nitrogen and oxygen atoms in total. The first-order valence-corrected chi connectivity index (χ1v) is 6.82. The fourth-order valence-electron chi connectivity index (χ4n) is 1.93. The van der Waals surface area contributed by atoms with Crippen molar-refractivity contribution in [1.29, 1.82) is 0 Å². The van der Waals surface area contributed by atoms with Crippen molar-refractivity contribution < 1.29 is 13.9 Å². The molecule has 4 heteroatoms. The van der Waals surface area contributed by atoms with Gasteiger partial charge < -0.3 is 9.64 Å². The standard InChI is InChI=1S/C17H18FNO2/c1-19(13-14-7-5-6-10-16(14)18)17(20)11-12-21-15-8-3-2-4-9-15/h2-10H,11-13H2,1H3. The van der Waals surface area contributed by atoms with Gasteiger partial charge in [-0.25, -0.2) is 4.39 Å². The number of nitrogens with zero attached hydrogens (tertiary/aromatic N) is 1. The van der Waals surface area contributed by atoms with Gasteiger partial charge >= 0.3 is 0 Å². The highest BCUT2D eigenvalue weighted by Crippen LogP contribution is 2.11. The molecule has 110 valence electrons. The summed E-state index contributed by atoms with van der Waals surface area (Å²) in [6, 6.07) is 15.8. The number of rotatable bonds is 6. The molecule has 0 aliphatic rings. The van der Waals surface area contributed by atoms with Crippen LogP contribution >= 0.6 is 0 Å². The lowest BCUT2D eigenvalue weighted by Gasteiger charge is -2.17. The Balaban J connectivity index is 1.79. The average Bonchev–Trinajstić information content (AvgIpc) is 2.50. The minimum absolute atomic E-state index is 0.0748. The van der Waals surface area contributed by atoms with Crippen molar-refractivity contribution in [3.05, 3.63) is 66.0 Å². The Morgan fingerprint density at radius 2 is 1.76 bits per heavy atom. The summed E-state index contributed by atoms with van der Waals surface area (Å²) in [6.07, 6.45) is 0.264. The third kappa shape index (κ3) is 4.60. The fraction of sp³-hybridized carbons (Fsp3) is 0.235. The molecule has 0 aliphatic carbocycles. The van der Waals surface area contributed by atoms with Gasteiger partial charge in [0.15, 0.2) is 0 Å². The van der Waals surface area contributed by atoms with Crippen LogP contribution < -0.4 is 4.74 Å². The normalized spacial score (nSPS) is 10.2. The maximum atomic E-state index is 13.5. The average molecular weight is 287 g/mol. The minimum Gasteiger partial charge on any atom is -0.493 e. The van der Waals surface area contributed by atoms with E-state index in [2.05, 4.69) is 0 Å². The van der Waals surface area contributed by atoms with Crippen molar-refractivity contribution in [1.82, 2.24) is 4.90 Å². The maximum absolute atomic E-state index is 13.5. The van der Waals surface area contributed by atoms with E-state index in [4.69, 9.17) is 4.74 Å². The lowest BCUT2D eigenvalue weighted by Crippen LogP contribution is -2.27. The molecule has 0 heterocycles. The van der Waals surface area contributed by atoms with Crippen molar-refractivity contribution in [2.45, 2.75) is 13.0 Å². The Labute approximate surface area is 124 Å². The molecule has 0 radical (unpaired) electrons. The van der Waals surface area contributed by atoms with Gasteiger partial charge in [0.2, 0.25) is 5.91 Å². The van der Waals surface area contributed by atoms with E-state index >= 15 is 0 Å². The lowest BCUT2D eigenvalue weighted by atomic mass is 10.2. The zero-order valence-electron chi connectivity index (χ0n) is 12.0. The third-order valence-corrected chi connectivity index (χ3v) is 3.12. The van der Waals surface area contributed by atoms with Crippen LogP contribution in [0.25, 0.3) is 0 Å². The summed E-state index contributed by atoms with van der Waals surface area (Å²) < 4.78 is 19.0. The third-order valence-electron chi connectivity index (χ3n) is 3.12. The van der Waals surface area contributed by atoms with Gasteiger partial charge in [0.25, 0.3) is 0 Å². The van der Waals surface area contributed by atoms with Gasteiger partial charge in [0.05, 0.1) is 13.0 Å². The summed E-state index contributed by atoms with van der Waals surface area (Å²) in [5.41, 5.74) is 0.511. The number of carbonyl (C=O) groups is 1. The second-order valence-corrected chi connectivity index (χ2v) is 4.75. The van der Waals surface area contributed by atoms with Crippen LogP contribution in [0.4, 0.5) is 4.39 Å². The number of benzene rings is 2. The van der Waals surface area contributed by atoms with E-state index in [9.17, 15) is 9.18 Å². The summed E-state index contributed by atoms with van der Waals surface area (Å²) >= 11 is 0. The Morgan fingerprint density at radius 1 is 1.10 bits per heavy atom. The van der Waals surface area contributed by atoms with E-state index in [1.165, 1.54) is 11.0 Å². The van der Waals surface area contributed by atoms with Crippen LogP contribution in [0, 0.1) is 5.82 Å². The summed E-state index contributed by atoms with van der Waals surface area (Å²) in [7, 11) is 1.66. The smallest absolute Gasteiger partial charge is 0.226 e. The molecule has 0 aliphatic heterocycles. The molecule has 0 saturated heterocycles. The number of halogens is 1. The zero-order valence-corrected chi connectivity index (χ0v) is 12.0. The van der Waals surface area contributed by atoms with Crippen LogP contribution in [0.5, 0.6) is 5.75 Å². The molecule has 0 bridgehead atoms. The predicted octanol–water partition coefficient (Wildman–Crippen LogP) is 3.25. The van der Waals surface area contributed by atoms with E-state index < -0.39 is 0 Å². The van der Waals surface area contributed by atoms with Crippen LogP contribution in [0.15, 0.2) is 54.6 Å². The number of hydrogen-bond donors (Lipinski definition) is 0. The molecule has 0 saturated carbocycles. The van der Waals surface area contributed by atoms with Gasteiger partial charge in [-0.15, -0.1) is 0 Å². The zero-order chi connectivity index (χ0) is 15.1. The van der Waals surface area contributed by atoms with E-state index in [1.54, 1.807) is 25.2 Å². The highest BCUT2D eigenvalue weighted by molar-refractivity contribution is 5.76. The van der Waals surface area contributed by atoms with Crippen LogP contribution in [0.2, 0.25) is 0 Å². The van der Waals surface area contributed by atoms with Crippen LogP contribution in [-0.2, 0) is 11.3 Å². The summed E-state index contributed by atoms with van der Waals surface area (Å²) in [6.45, 7) is 0.571. The SMILES string of the molecule is CN(Cc1ccccc1F)C(=O)CCOc1ccccc1. The minimum atomic E-state index is -0.294. The van der Waals surface area contributed by atoms with Crippen LogP contribution in [-0.4, -0.2) is 24.5 Å². The van der Waals surface area contributed by atoms with E-state index in [0.717, 1.165) is 5.75 Å². The van der Waals surface area contributed by atoms with Gasteiger partial charge in [0.1, 0.15) is 11.6 Å². The predicted molar refractivity (Wildman–Crippen MR) is 79.4 cm³/mol. The quantitative estimate of drug-likeness (QED) is 0.816. The molecule has 1 amide bonds. The first-order chi connectivity index (χ1) is 10.2. The van der Waals surface area contributed by atoms with Gasteiger partial charge in [-0.05, 0) is 18.2 Å². The van der Waals surface area contributed by atoms with Crippen LogP contribution in [0.3, 0.4) is 0 Å². The van der Waals surface area contributed by atoms with E-state index in [1.807, 2.05) is 30.3 Å². The highest BCUT2D eigenvalue weighted by Gasteiger charge is 2.11. The van der Waals surface area contributed by atoms with Gasteiger partial charge in [-0.3, -0.25) is 4.79 Å². The second-order valence-electron chi connectivity index (χ2n) is 4.75. The molecule has 0 fully saturated rings. The lowest BCUT2D eigenvalue weighted by molar-refractivity contribution is -0.130. The number of ether oxygens (including phenoxy) is 1. The van der Waals surface area contributed by atoms with E-state index in [-0.39, 0.29) is 24.7 Å². The molecular formula is C17H18FNO2. The first kappa shape index (κ1) is 15.0. The van der Waals surface area contributed by atoms with Gasteiger partial charge in [-0.1, -0.05) is 36.4 Å². The number of para-hydroxylation sites is 1. The van der Waals surface area contributed by atoms with Crippen molar-refractivity contribution in [2.24, 2.45) is 0 Å². The molecule has 2 rings (SSSR count). The first-order valence-electron chi connectivity index (χ1n) is 6.82. The van der Waals surface area contributed by atoms with Crippen molar-refractivity contribution in [3.63, 3.8) is 0 Å². The molecule has 2 aromatic carbocycles. The van der Waals surface area contributed by atoms with Crippen molar-refractivity contribution in [3.8, 4) is 5.75 Å². The number of carbonyl (C=O) groups excluding carboxylic acids is 1. The summed E-state index contributed by atoms with van der Waals surface area (Å²) in [5, 5.41) is 0. The number of hydrogen-bond acceptors (Lipinski definition) is 2. The van der Waals surface area contributed by atoms with Gasteiger partial charge in [0, 0.05) is 19.2 Å². The Morgan fingerprint density at radius 3 is 2.48 bits per heavy atom. The molecule has 0 N–H and O–H groups in total. The van der Waals surface area contributed by atoms with Crippen molar-refractivity contribution in [2.75, 3.05) is 13.7 Å². The largest absolute Gasteiger partial charge is 0.493 e. The highest BCUT2D eigenvalue weighted by atomic mass is 19.1. The van der Waals surface area contributed by atoms with Crippen molar-refractivity contribution >= 4 is 5.91 Å². The Kier molecular flexibility index (Phi) is 5.32. The monoisotopic (exact) mass is 287 g/mol. The maximum Gasteiger partial charge on any atom is 0.226 e. The molecule has 0 spiro atoms. The van der Waals surface area contributed by atoms with Crippen LogP contribution in [0.1, 0.15) is 12.0 Å². The fourth-order valence-corrected chi connectivity index (χ4v) is 1.93. The Bertz CT molecular complexity index is 586. The van der Waals surface area contributed by atoms with Gasteiger partial charge in [-0.2, -0.15) is 0 Å². The second kappa shape index (κ2) is 7.43. The molecular weight excluding hydrogens is 269 g/mol. The number of amides is 1. The molecule has 21 heavy (non-hydrogen) atoms. The summed E-state index contributed by atoms with van der Waals surface area (Å²) in [4.78, 5) is 13.5. The summed E-state index contributed by atoms with van der Waals surface area (Å²) in [5.74, 6) is 0.369. The Hall–Kier alpha value is -2.36.